The standard InChI is InChI=1S/C26H17F4NO/c1-2-11-32-20-8-10-24(31-15-20)18-7-6-17(22(27)13-18)5-3-16-4-9-21-19(12-16)14-23(28)26(30)25(21)29/h4,6-10,12-15H,2,11H2,1H3. The normalized spacial score (nSPS) is 10.7. The first-order valence-corrected chi connectivity index (χ1v) is 9.94. The first kappa shape index (κ1) is 21.4. The number of rotatable bonds is 4. The second kappa shape index (κ2) is 9.11. The molecule has 0 aliphatic rings. The number of hydrogen-bond donors (Lipinski definition) is 0. The SMILES string of the molecule is CCCOc1ccc(-c2ccc(C#Cc3ccc4c(F)c(F)c(F)cc4c3)c(F)c2)nc1. The maximum Gasteiger partial charge on any atom is 0.195 e. The molecule has 1 aromatic heterocycles. The van der Waals surface area contributed by atoms with Crippen LogP contribution < -0.4 is 4.74 Å². The summed E-state index contributed by atoms with van der Waals surface area (Å²) in [5, 5.41) is 0.116. The van der Waals surface area contributed by atoms with Gasteiger partial charge in [0.2, 0.25) is 0 Å². The Labute approximate surface area is 182 Å². The molecule has 1 heterocycles. The van der Waals surface area contributed by atoms with E-state index >= 15 is 0 Å². The number of halogens is 4. The summed E-state index contributed by atoms with van der Waals surface area (Å²) in [5.41, 5.74) is 1.76. The first-order valence-electron chi connectivity index (χ1n) is 9.94. The molecule has 4 aromatic rings. The van der Waals surface area contributed by atoms with Gasteiger partial charge >= 0.3 is 0 Å². The van der Waals surface area contributed by atoms with Crippen molar-refractivity contribution in [3.8, 4) is 28.8 Å². The predicted octanol–water partition coefficient (Wildman–Crippen LogP) is 6.65. The molecule has 3 aromatic carbocycles. The molecule has 0 aliphatic heterocycles. The first-order chi connectivity index (χ1) is 15.5. The lowest BCUT2D eigenvalue weighted by Gasteiger charge is -2.06. The molecule has 6 heteroatoms. The quantitative estimate of drug-likeness (QED) is 0.204. The average molecular weight is 435 g/mol. The van der Waals surface area contributed by atoms with Crippen LogP contribution in [0.3, 0.4) is 0 Å². The Morgan fingerprint density at radius 1 is 0.844 bits per heavy atom. The number of fused-ring (bicyclic) bond motifs is 1. The Morgan fingerprint density at radius 2 is 1.69 bits per heavy atom. The lowest BCUT2D eigenvalue weighted by atomic mass is 10.0. The van der Waals surface area contributed by atoms with Crippen LogP contribution in [0.2, 0.25) is 0 Å². The lowest BCUT2D eigenvalue weighted by molar-refractivity contribution is 0.316. The molecule has 0 saturated carbocycles. The molecule has 160 valence electrons. The molecule has 0 N–H and O–H groups in total. The van der Waals surface area contributed by atoms with Crippen LogP contribution in [0.25, 0.3) is 22.0 Å². The van der Waals surface area contributed by atoms with Gasteiger partial charge in [0.05, 0.1) is 24.1 Å². The summed E-state index contributed by atoms with van der Waals surface area (Å²) in [6.45, 7) is 2.61. The van der Waals surface area contributed by atoms with Gasteiger partial charge in [0.25, 0.3) is 0 Å². The van der Waals surface area contributed by atoms with E-state index < -0.39 is 23.3 Å². The molecule has 0 saturated heterocycles. The molecule has 0 fully saturated rings. The lowest BCUT2D eigenvalue weighted by Crippen LogP contribution is -1.95. The number of nitrogens with zero attached hydrogens (tertiary/aromatic N) is 1. The van der Waals surface area contributed by atoms with Crippen molar-refractivity contribution in [3.05, 3.63) is 95.2 Å². The minimum atomic E-state index is -1.52. The zero-order valence-corrected chi connectivity index (χ0v) is 17.1. The van der Waals surface area contributed by atoms with Crippen molar-refractivity contribution in [2.45, 2.75) is 13.3 Å². The summed E-state index contributed by atoms with van der Waals surface area (Å²) in [4.78, 5) is 4.30. The Hall–Kier alpha value is -3.85. The molecule has 0 aliphatic carbocycles. The van der Waals surface area contributed by atoms with Crippen LogP contribution in [0.5, 0.6) is 5.75 Å². The molecule has 0 atom stereocenters. The summed E-state index contributed by atoms with van der Waals surface area (Å²) in [6.07, 6.45) is 2.48. The molecular weight excluding hydrogens is 418 g/mol. The van der Waals surface area contributed by atoms with Gasteiger partial charge in [-0.3, -0.25) is 4.98 Å². The van der Waals surface area contributed by atoms with E-state index in [0.717, 1.165) is 12.5 Å². The van der Waals surface area contributed by atoms with Gasteiger partial charge in [0.15, 0.2) is 17.5 Å². The van der Waals surface area contributed by atoms with Gasteiger partial charge in [-0.2, -0.15) is 0 Å². The Bertz CT molecular complexity index is 1350. The maximum absolute atomic E-state index is 14.6. The highest BCUT2D eigenvalue weighted by atomic mass is 19.2. The van der Waals surface area contributed by atoms with Crippen molar-refractivity contribution in [1.82, 2.24) is 4.98 Å². The van der Waals surface area contributed by atoms with E-state index in [0.29, 0.717) is 29.2 Å². The summed E-state index contributed by atoms with van der Waals surface area (Å²) in [5.74, 6) is 1.57. The molecule has 0 amide bonds. The summed E-state index contributed by atoms with van der Waals surface area (Å²) >= 11 is 0. The molecular formula is C26H17F4NO. The van der Waals surface area contributed by atoms with Crippen molar-refractivity contribution in [3.63, 3.8) is 0 Å². The second-order valence-electron chi connectivity index (χ2n) is 7.09. The third kappa shape index (κ3) is 4.42. The van der Waals surface area contributed by atoms with Gasteiger partial charge in [-0.1, -0.05) is 30.9 Å². The second-order valence-corrected chi connectivity index (χ2v) is 7.09. The van der Waals surface area contributed by atoms with Crippen molar-refractivity contribution in [1.29, 1.82) is 0 Å². The summed E-state index contributed by atoms with van der Waals surface area (Å²) in [7, 11) is 0. The Morgan fingerprint density at radius 3 is 2.41 bits per heavy atom. The minimum absolute atomic E-state index is 0.0522. The van der Waals surface area contributed by atoms with E-state index in [4.69, 9.17) is 4.74 Å². The zero-order chi connectivity index (χ0) is 22.7. The van der Waals surface area contributed by atoms with Crippen LogP contribution in [0.1, 0.15) is 24.5 Å². The van der Waals surface area contributed by atoms with Crippen LogP contribution >= 0.6 is 0 Å². The fourth-order valence-electron chi connectivity index (χ4n) is 3.15. The molecule has 2 nitrogen and oxygen atoms in total. The van der Waals surface area contributed by atoms with Crippen LogP contribution in [-0.2, 0) is 0 Å². The van der Waals surface area contributed by atoms with Crippen LogP contribution in [-0.4, -0.2) is 11.6 Å². The number of aromatic nitrogens is 1. The smallest absolute Gasteiger partial charge is 0.195 e. The molecule has 0 bridgehead atoms. The summed E-state index contributed by atoms with van der Waals surface area (Å²) < 4.78 is 60.8. The number of pyridine rings is 1. The third-order valence-corrected chi connectivity index (χ3v) is 4.79. The van der Waals surface area contributed by atoms with Gasteiger partial charge < -0.3 is 4.74 Å². The van der Waals surface area contributed by atoms with E-state index in [2.05, 4.69) is 16.8 Å². The van der Waals surface area contributed by atoms with Crippen molar-refractivity contribution >= 4 is 10.8 Å². The zero-order valence-electron chi connectivity index (χ0n) is 17.1. The molecule has 32 heavy (non-hydrogen) atoms. The van der Waals surface area contributed by atoms with Crippen molar-refractivity contribution in [2.24, 2.45) is 0 Å². The highest BCUT2D eigenvalue weighted by molar-refractivity contribution is 5.84. The van der Waals surface area contributed by atoms with Crippen LogP contribution in [0, 0.1) is 35.1 Å². The number of benzene rings is 3. The fourth-order valence-corrected chi connectivity index (χ4v) is 3.15. The van der Waals surface area contributed by atoms with E-state index in [1.807, 2.05) is 6.92 Å². The molecule has 0 radical (unpaired) electrons. The number of hydrogen-bond acceptors (Lipinski definition) is 2. The molecule has 4 rings (SSSR count). The van der Waals surface area contributed by atoms with Gasteiger partial charge in [0, 0.05) is 16.5 Å². The van der Waals surface area contributed by atoms with Crippen LogP contribution in [0.15, 0.2) is 60.8 Å². The van der Waals surface area contributed by atoms with Crippen LogP contribution in [0.4, 0.5) is 17.6 Å². The Kier molecular flexibility index (Phi) is 6.09. The minimum Gasteiger partial charge on any atom is -0.492 e. The van der Waals surface area contributed by atoms with Gasteiger partial charge in [-0.15, -0.1) is 0 Å². The van der Waals surface area contributed by atoms with Gasteiger partial charge in [-0.05, 0) is 54.3 Å². The highest BCUT2D eigenvalue weighted by Gasteiger charge is 2.13. The van der Waals surface area contributed by atoms with E-state index in [9.17, 15) is 17.6 Å². The molecule has 0 spiro atoms. The summed E-state index contributed by atoms with van der Waals surface area (Å²) in [6, 6.07) is 13.2. The molecule has 0 unspecified atom stereocenters. The van der Waals surface area contributed by atoms with E-state index in [1.165, 1.54) is 30.3 Å². The third-order valence-electron chi connectivity index (χ3n) is 4.79. The number of ether oxygens (including phenoxy) is 1. The van der Waals surface area contributed by atoms with E-state index in [-0.39, 0.29) is 16.3 Å². The van der Waals surface area contributed by atoms with Crippen molar-refractivity contribution in [2.75, 3.05) is 6.61 Å². The monoisotopic (exact) mass is 435 g/mol. The predicted molar refractivity (Wildman–Crippen MR) is 115 cm³/mol. The van der Waals surface area contributed by atoms with Gasteiger partial charge in [0.1, 0.15) is 11.6 Å². The van der Waals surface area contributed by atoms with Crippen molar-refractivity contribution < 1.29 is 22.3 Å². The average Bonchev–Trinajstić information content (AvgIpc) is 2.80. The topological polar surface area (TPSA) is 22.1 Å². The fraction of sp³-hybridized carbons (Fsp3) is 0.115. The van der Waals surface area contributed by atoms with Gasteiger partial charge in [-0.25, -0.2) is 17.6 Å². The maximum atomic E-state index is 14.6. The highest BCUT2D eigenvalue weighted by Crippen LogP contribution is 2.25. The Balaban J connectivity index is 1.58. The largest absolute Gasteiger partial charge is 0.492 e. The van der Waals surface area contributed by atoms with E-state index in [1.54, 1.807) is 24.4 Å².